The molecule has 25 heavy (non-hydrogen) atoms. The van der Waals surface area contributed by atoms with E-state index in [1.54, 1.807) is 0 Å². The Morgan fingerprint density at radius 1 is 1.04 bits per heavy atom. The molecule has 4 nitrogen and oxygen atoms in total. The maximum Gasteiger partial charge on any atom is 0.305 e. The molecular weight excluding hydrogens is 314 g/mol. The van der Waals surface area contributed by atoms with Crippen LogP contribution in [0, 0.1) is 0 Å². The highest BCUT2D eigenvalue weighted by Gasteiger charge is 2.10. The number of Topliss-reactive ketones (excluding diaryl/α,β-unsaturated/α-hetero) is 1. The van der Waals surface area contributed by atoms with E-state index in [1.807, 2.05) is 25.1 Å². The quantitative estimate of drug-likeness (QED) is 0.262. The molecule has 0 N–H and O–H groups in total. The molecule has 0 radical (unpaired) electrons. The smallest absolute Gasteiger partial charge is 0.305 e. The van der Waals surface area contributed by atoms with Gasteiger partial charge in [-0.3, -0.25) is 14.5 Å². The van der Waals surface area contributed by atoms with Gasteiger partial charge >= 0.3 is 5.97 Å². The van der Waals surface area contributed by atoms with Crippen LogP contribution < -0.4 is 0 Å². The Morgan fingerprint density at radius 3 is 2.48 bits per heavy atom. The van der Waals surface area contributed by atoms with Gasteiger partial charge in [-0.1, -0.05) is 43.2 Å². The first-order valence-electron chi connectivity index (χ1n) is 9.34. The number of carbonyl (C=O) groups excluding carboxylic acids is 2. The Kier molecular flexibility index (Phi) is 8.40. The molecule has 0 spiro atoms. The Hall–Kier alpha value is -1.94. The zero-order valence-corrected chi connectivity index (χ0v) is 15.2. The summed E-state index contributed by atoms with van der Waals surface area (Å²) in [5.74, 6) is 0.0929. The summed E-state index contributed by atoms with van der Waals surface area (Å²) >= 11 is 0. The molecule has 0 bridgehead atoms. The number of benzene rings is 1. The van der Waals surface area contributed by atoms with E-state index in [4.69, 9.17) is 4.74 Å². The fraction of sp³-hybridized carbons (Fsp3) is 0.524. The van der Waals surface area contributed by atoms with E-state index in [1.165, 1.54) is 5.56 Å². The highest BCUT2D eigenvalue weighted by molar-refractivity contribution is 5.96. The molecule has 1 aromatic rings. The van der Waals surface area contributed by atoms with Crippen molar-refractivity contribution in [2.45, 2.75) is 52.0 Å². The first-order valence-corrected chi connectivity index (χ1v) is 9.34. The molecule has 136 valence electrons. The number of esters is 1. The lowest BCUT2D eigenvalue weighted by atomic mass is 10.0. The largest absolute Gasteiger partial charge is 0.466 e. The fourth-order valence-corrected chi connectivity index (χ4v) is 3.04. The second-order valence-electron chi connectivity index (χ2n) is 6.51. The van der Waals surface area contributed by atoms with Gasteiger partial charge in [0.15, 0.2) is 5.78 Å². The van der Waals surface area contributed by atoms with Crippen LogP contribution in [0.5, 0.6) is 0 Å². The predicted molar refractivity (Wildman–Crippen MR) is 99.5 cm³/mol. The summed E-state index contributed by atoms with van der Waals surface area (Å²) < 4.78 is 4.90. The average Bonchev–Trinajstić information content (AvgIpc) is 3.11. The standard InChI is InChI=1S/C21H29NO3/c1-2-25-21(24)13-6-4-3-5-12-20(23)19-11-9-10-18(16-19)17-22-14-7-8-15-22/h7-11,16H,2-6,12-15,17H2,1H3. The lowest BCUT2D eigenvalue weighted by Crippen LogP contribution is -2.19. The van der Waals surface area contributed by atoms with E-state index in [0.717, 1.165) is 50.9 Å². The molecule has 1 aliphatic rings. The van der Waals surface area contributed by atoms with Crippen molar-refractivity contribution in [3.05, 3.63) is 47.5 Å². The van der Waals surface area contributed by atoms with E-state index in [9.17, 15) is 9.59 Å². The van der Waals surface area contributed by atoms with Gasteiger partial charge in [0, 0.05) is 38.0 Å². The molecule has 4 heteroatoms. The Balaban J connectivity index is 1.65. The van der Waals surface area contributed by atoms with Crippen LogP contribution in [-0.4, -0.2) is 36.3 Å². The highest BCUT2D eigenvalue weighted by Crippen LogP contribution is 2.14. The second-order valence-corrected chi connectivity index (χ2v) is 6.51. The number of nitrogens with zero attached hydrogens (tertiary/aromatic N) is 1. The van der Waals surface area contributed by atoms with Gasteiger partial charge in [0.1, 0.15) is 0 Å². The molecule has 1 heterocycles. The Morgan fingerprint density at radius 2 is 1.76 bits per heavy atom. The molecule has 0 fully saturated rings. The number of unbranched alkanes of at least 4 members (excludes halogenated alkanes) is 3. The van der Waals surface area contributed by atoms with E-state index < -0.39 is 0 Å². The fourth-order valence-electron chi connectivity index (χ4n) is 3.04. The van der Waals surface area contributed by atoms with Crippen LogP contribution in [0.1, 0.15) is 61.4 Å². The van der Waals surface area contributed by atoms with Crippen molar-refractivity contribution >= 4 is 11.8 Å². The second kappa shape index (κ2) is 10.8. The summed E-state index contributed by atoms with van der Waals surface area (Å²) in [5, 5.41) is 0. The molecule has 2 rings (SSSR count). The zero-order valence-electron chi connectivity index (χ0n) is 15.2. The normalized spacial score (nSPS) is 14.0. The SMILES string of the molecule is CCOC(=O)CCCCCCC(=O)c1cccc(CN2CC=CC2)c1. The summed E-state index contributed by atoms with van der Waals surface area (Å²) in [6, 6.07) is 8.01. The molecule has 0 saturated carbocycles. The first kappa shape index (κ1) is 19.4. The number of hydrogen-bond acceptors (Lipinski definition) is 4. The van der Waals surface area contributed by atoms with E-state index in [0.29, 0.717) is 19.4 Å². The maximum atomic E-state index is 12.4. The van der Waals surface area contributed by atoms with Crippen molar-refractivity contribution in [1.82, 2.24) is 4.90 Å². The van der Waals surface area contributed by atoms with Gasteiger partial charge in [0.25, 0.3) is 0 Å². The molecular formula is C21H29NO3. The third-order valence-electron chi connectivity index (χ3n) is 4.39. The minimum Gasteiger partial charge on any atom is -0.466 e. The molecule has 0 aliphatic carbocycles. The minimum absolute atomic E-state index is 0.122. The van der Waals surface area contributed by atoms with Crippen molar-refractivity contribution in [2.75, 3.05) is 19.7 Å². The Bertz CT molecular complexity index is 587. The molecule has 1 aliphatic heterocycles. The maximum absolute atomic E-state index is 12.4. The van der Waals surface area contributed by atoms with E-state index in [2.05, 4.69) is 23.1 Å². The molecule has 0 amide bonds. The van der Waals surface area contributed by atoms with Gasteiger partial charge < -0.3 is 4.74 Å². The number of ketones is 1. The summed E-state index contributed by atoms with van der Waals surface area (Å²) in [6.07, 6.45) is 9.07. The van der Waals surface area contributed by atoms with Crippen molar-refractivity contribution < 1.29 is 14.3 Å². The van der Waals surface area contributed by atoms with Gasteiger partial charge in [-0.25, -0.2) is 0 Å². The van der Waals surface area contributed by atoms with Gasteiger partial charge in [0.2, 0.25) is 0 Å². The number of hydrogen-bond donors (Lipinski definition) is 0. The molecule has 0 saturated heterocycles. The topological polar surface area (TPSA) is 46.6 Å². The monoisotopic (exact) mass is 343 g/mol. The lowest BCUT2D eigenvalue weighted by molar-refractivity contribution is -0.143. The van der Waals surface area contributed by atoms with Crippen LogP contribution in [-0.2, 0) is 16.1 Å². The summed E-state index contributed by atoms with van der Waals surface area (Å²) in [4.78, 5) is 25.9. The molecule has 0 atom stereocenters. The van der Waals surface area contributed by atoms with Crippen LogP contribution in [0.25, 0.3) is 0 Å². The van der Waals surface area contributed by atoms with Gasteiger partial charge in [0.05, 0.1) is 6.61 Å². The third kappa shape index (κ3) is 7.22. The number of carbonyl (C=O) groups is 2. The van der Waals surface area contributed by atoms with Crippen molar-refractivity contribution in [3.8, 4) is 0 Å². The summed E-state index contributed by atoms with van der Waals surface area (Å²) in [5.41, 5.74) is 2.01. The van der Waals surface area contributed by atoms with E-state index in [-0.39, 0.29) is 11.8 Å². The highest BCUT2D eigenvalue weighted by atomic mass is 16.5. The number of rotatable bonds is 11. The molecule has 0 aromatic heterocycles. The van der Waals surface area contributed by atoms with Crippen molar-refractivity contribution in [3.63, 3.8) is 0 Å². The molecule has 0 unspecified atom stereocenters. The lowest BCUT2D eigenvalue weighted by Gasteiger charge is -2.15. The summed E-state index contributed by atoms with van der Waals surface area (Å²) in [6.45, 7) is 5.14. The van der Waals surface area contributed by atoms with Crippen molar-refractivity contribution in [2.24, 2.45) is 0 Å². The van der Waals surface area contributed by atoms with Gasteiger partial charge in [-0.05, 0) is 31.4 Å². The van der Waals surface area contributed by atoms with Gasteiger partial charge in [-0.2, -0.15) is 0 Å². The zero-order chi connectivity index (χ0) is 17.9. The third-order valence-corrected chi connectivity index (χ3v) is 4.39. The molecule has 1 aromatic carbocycles. The van der Waals surface area contributed by atoms with Crippen LogP contribution in [0.3, 0.4) is 0 Å². The Labute approximate surface area is 150 Å². The van der Waals surface area contributed by atoms with Gasteiger partial charge in [-0.15, -0.1) is 0 Å². The summed E-state index contributed by atoms with van der Waals surface area (Å²) in [7, 11) is 0. The number of ether oxygens (including phenoxy) is 1. The predicted octanol–water partition coefficient (Wildman–Crippen LogP) is 4.14. The van der Waals surface area contributed by atoms with Crippen molar-refractivity contribution in [1.29, 1.82) is 0 Å². The van der Waals surface area contributed by atoms with Crippen LogP contribution in [0.2, 0.25) is 0 Å². The van der Waals surface area contributed by atoms with Crippen LogP contribution in [0.15, 0.2) is 36.4 Å². The van der Waals surface area contributed by atoms with E-state index >= 15 is 0 Å². The first-order chi connectivity index (χ1) is 12.2. The van der Waals surface area contributed by atoms with Crippen LogP contribution >= 0.6 is 0 Å². The van der Waals surface area contributed by atoms with Crippen LogP contribution in [0.4, 0.5) is 0 Å². The average molecular weight is 343 g/mol. The minimum atomic E-state index is -0.122.